The lowest BCUT2D eigenvalue weighted by Crippen LogP contribution is -2.48. The molecule has 2 unspecified atom stereocenters. The van der Waals surface area contributed by atoms with Gasteiger partial charge in [-0.1, -0.05) is 0 Å². The second-order valence-electron chi connectivity index (χ2n) is 6.64. The third-order valence-electron chi connectivity index (χ3n) is 4.13. The Bertz CT molecular complexity index is 821. The average Bonchev–Trinajstić information content (AvgIpc) is 2.60. The molecule has 0 radical (unpaired) electrons. The van der Waals surface area contributed by atoms with Crippen LogP contribution in [0.4, 0.5) is 0 Å². The molecule has 0 aliphatic carbocycles. The van der Waals surface area contributed by atoms with Gasteiger partial charge in [-0.2, -0.15) is 0 Å². The molecule has 29 heavy (non-hydrogen) atoms. The number of primary amides is 2. The van der Waals surface area contributed by atoms with Crippen LogP contribution < -0.4 is 16.8 Å². The van der Waals surface area contributed by atoms with E-state index in [4.69, 9.17) is 11.5 Å². The number of nitrogens with one attached hydrogen (secondary N) is 1. The maximum atomic E-state index is 12.7. The predicted molar refractivity (Wildman–Crippen MR) is 105 cm³/mol. The van der Waals surface area contributed by atoms with Crippen molar-refractivity contribution in [2.45, 2.75) is 51.6 Å². The molecule has 0 aromatic heterocycles. The van der Waals surface area contributed by atoms with Crippen molar-refractivity contribution in [3.05, 3.63) is 23.8 Å². The van der Waals surface area contributed by atoms with Gasteiger partial charge in [-0.25, -0.2) is 0 Å². The first-order chi connectivity index (χ1) is 13.5. The lowest BCUT2D eigenvalue weighted by molar-refractivity contribution is -0.129. The highest BCUT2D eigenvalue weighted by Gasteiger charge is 2.25. The predicted octanol–water partition coefficient (Wildman–Crippen LogP) is -0.120. The van der Waals surface area contributed by atoms with Gasteiger partial charge in [0.05, 0.1) is 0 Å². The molecule has 0 bridgehead atoms. The van der Waals surface area contributed by atoms with Crippen molar-refractivity contribution >= 4 is 29.2 Å². The molecule has 158 valence electrons. The largest absolute Gasteiger partial charge is 0.508 e. The number of hydrogen-bond donors (Lipinski definition) is 5. The molecular formula is C19H26N4O6. The Morgan fingerprint density at radius 1 is 1.07 bits per heavy atom. The molecule has 2 atom stereocenters. The second kappa shape index (κ2) is 10.8. The van der Waals surface area contributed by atoms with Crippen LogP contribution in [0.2, 0.25) is 0 Å². The topological polar surface area (TPSA) is 185 Å². The fourth-order valence-corrected chi connectivity index (χ4v) is 2.56. The highest BCUT2D eigenvalue weighted by molar-refractivity contribution is 6.02. The highest BCUT2D eigenvalue weighted by Crippen LogP contribution is 2.23. The van der Waals surface area contributed by atoms with Crippen LogP contribution >= 0.6 is 0 Å². The van der Waals surface area contributed by atoms with Gasteiger partial charge >= 0.3 is 0 Å². The summed E-state index contributed by atoms with van der Waals surface area (Å²) in [4.78, 5) is 50.8. The van der Waals surface area contributed by atoms with E-state index in [0.717, 1.165) is 6.07 Å². The van der Waals surface area contributed by atoms with Gasteiger partial charge in [0.25, 0.3) is 0 Å². The number of phenolic OH excluding ortho intramolecular Hbond substituents is 2. The van der Waals surface area contributed by atoms with E-state index in [1.807, 2.05) is 0 Å². The van der Waals surface area contributed by atoms with Crippen LogP contribution in [-0.2, 0) is 19.2 Å². The van der Waals surface area contributed by atoms with Crippen molar-refractivity contribution in [3.8, 4) is 11.5 Å². The average molecular weight is 406 g/mol. The Morgan fingerprint density at radius 2 is 1.72 bits per heavy atom. The van der Waals surface area contributed by atoms with Crippen LogP contribution in [0.15, 0.2) is 23.2 Å². The van der Waals surface area contributed by atoms with Crippen LogP contribution in [-0.4, -0.2) is 51.5 Å². The number of phenols is 2. The van der Waals surface area contributed by atoms with Gasteiger partial charge in [0.1, 0.15) is 29.4 Å². The Labute approximate surface area is 168 Å². The molecule has 0 saturated heterocycles. The number of carbonyl (C=O) groups excluding carboxylic acids is 4. The van der Waals surface area contributed by atoms with Crippen molar-refractivity contribution < 1.29 is 29.4 Å². The van der Waals surface area contributed by atoms with Crippen molar-refractivity contribution in [2.75, 3.05) is 0 Å². The molecule has 0 saturated carbocycles. The molecule has 0 heterocycles. The van der Waals surface area contributed by atoms with Crippen LogP contribution in [0.25, 0.3) is 0 Å². The monoisotopic (exact) mass is 406 g/mol. The Hall–Kier alpha value is -3.43. The van der Waals surface area contributed by atoms with Gasteiger partial charge < -0.3 is 31.8 Å². The van der Waals surface area contributed by atoms with Crippen molar-refractivity contribution in [3.63, 3.8) is 0 Å². The minimum Gasteiger partial charge on any atom is -0.508 e. The van der Waals surface area contributed by atoms with Gasteiger partial charge in [-0.15, -0.1) is 0 Å². The molecule has 7 N–H and O–H groups in total. The highest BCUT2D eigenvalue weighted by atomic mass is 16.3. The lowest BCUT2D eigenvalue weighted by atomic mass is 10.1. The Kier molecular flexibility index (Phi) is 8.78. The number of amides is 3. The number of ketones is 1. The van der Waals surface area contributed by atoms with Gasteiger partial charge in [-0.05, 0) is 38.8 Å². The zero-order valence-electron chi connectivity index (χ0n) is 16.3. The first-order valence-corrected chi connectivity index (χ1v) is 8.95. The molecule has 1 rings (SSSR count). The van der Waals surface area contributed by atoms with E-state index in [9.17, 15) is 29.4 Å². The summed E-state index contributed by atoms with van der Waals surface area (Å²) in [6.45, 7) is 2.89. The zero-order valence-corrected chi connectivity index (χ0v) is 16.3. The first-order valence-electron chi connectivity index (χ1n) is 8.95. The van der Waals surface area contributed by atoms with E-state index < -0.39 is 29.8 Å². The summed E-state index contributed by atoms with van der Waals surface area (Å²) in [6, 6.07) is 1.73. The molecule has 0 spiro atoms. The molecule has 0 fully saturated rings. The number of aliphatic imine (C=N–C) groups is 1. The van der Waals surface area contributed by atoms with Crippen molar-refractivity contribution in [2.24, 2.45) is 16.5 Å². The molecule has 10 heteroatoms. The second-order valence-corrected chi connectivity index (χ2v) is 6.64. The maximum absolute atomic E-state index is 12.7. The molecule has 1 aromatic rings. The van der Waals surface area contributed by atoms with Gasteiger partial charge in [0, 0.05) is 30.2 Å². The summed E-state index contributed by atoms with van der Waals surface area (Å²) in [6.07, 6.45) is -0.0649. The number of Topliss-reactive ketones (excluding diaryl/α,β-unsaturated/α-hetero) is 1. The van der Waals surface area contributed by atoms with Crippen molar-refractivity contribution in [1.29, 1.82) is 0 Å². The SMILES string of the molecule is CC(=O)CCC(NC(=O)C(CCC(N)=O)/N=C(\C)c1ccc(O)cc1O)C(N)=O. The zero-order chi connectivity index (χ0) is 22.1. The summed E-state index contributed by atoms with van der Waals surface area (Å²) >= 11 is 0. The number of rotatable bonds is 11. The maximum Gasteiger partial charge on any atom is 0.245 e. The summed E-state index contributed by atoms with van der Waals surface area (Å²) in [5, 5.41) is 21.8. The quantitative estimate of drug-likeness (QED) is 0.319. The summed E-state index contributed by atoms with van der Waals surface area (Å²) in [5.74, 6) is -2.64. The van der Waals surface area contributed by atoms with E-state index in [1.165, 1.54) is 26.0 Å². The summed E-state index contributed by atoms with van der Waals surface area (Å²) < 4.78 is 0. The number of hydrogen-bond acceptors (Lipinski definition) is 7. The standard InChI is InChI=1S/C19H26N4O6/c1-10(24)3-6-14(18(21)28)23-19(29)15(7-8-17(20)27)22-11(2)13-5-4-12(25)9-16(13)26/h4-5,9,14-15,25-26H,3,6-8H2,1-2H3,(H2,20,27)(H2,21,28)(H,23,29)/b22-11+. The molecule has 3 amide bonds. The van der Waals surface area contributed by atoms with Crippen LogP contribution in [0, 0.1) is 0 Å². The van der Waals surface area contributed by atoms with Crippen LogP contribution in [0.3, 0.4) is 0 Å². The normalized spacial score (nSPS) is 13.4. The van der Waals surface area contributed by atoms with E-state index in [-0.39, 0.29) is 54.2 Å². The van der Waals surface area contributed by atoms with E-state index in [0.29, 0.717) is 0 Å². The number of aromatic hydroxyl groups is 2. The molecule has 0 aliphatic heterocycles. The number of nitrogens with zero attached hydrogens (tertiary/aromatic N) is 1. The number of benzene rings is 1. The van der Waals surface area contributed by atoms with Crippen molar-refractivity contribution in [1.82, 2.24) is 5.32 Å². The molecular weight excluding hydrogens is 380 g/mol. The van der Waals surface area contributed by atoms with E-state index >= 15 is 0 Å². The third-order valence-corrected chi connectivity index (χ3v) is 4.13. The Morgan fingerprint density at radius 3 is 2.24 bits per heavy atom. The van der Waals surface area contributed by atoms with Gasteiger partial charge in [0.2, 0.25) is 17.7 Å². The molecule has 1 aromatic carbocycles. The summed E-state index contributed by atoms with van der Waals surface area (Å²) in [7, 11) is 0. The fraction of sp³-hybridized carbons (Fsp3) is 0.421. The number of carbonyl (C=O) groups is 4. The number of nitrogens with two attached hydrogens (primary N) is 2. The van der Waals surface area contributed by atoms with E-state index in [1.54, 1.807) is 0 Å². The van der Waals surface area contributed by atoms with Gasteiger partial charge in [0.15, 0.2) is 0 Å². The molecule has 0 aliphatic rings. The van der Waals surface area contributed by atoms with Crippen LogP contribution in [0.1, 0.15) is 45.1 Å². The lowest BCUT2D eigenvalue weighted by Gasteiger charge is -2.19. The summed E-state index contributed by atoms with van der Waals surface area (Å²) in [5.41, 5.74) is 11.0. The Balaban J connectivity index is 3.08. The minimum absolute atomic E-state index is 0.0322. The molecule has 10 nitrogen and oxygen atoms in total. The first kappa shape index (κ1) is 23.6. The smallest absolute Gasteiger partial charge is 0.245 e. The van der Waals surface area contributed by atoms with Gasteiger partial charge in [-0.3, -0.25) is 19.4 Å². The van der Waals surface area contributed by atoms with E-state index in [2.05, 4.69) is 10.3 Å². The minimum atomic E-state index is -1.09. The fourth-order valence-electron chi connectivity index (χ4n) is 2.56. The third kappa shape index (κ3) is 7.99. The van der Waals surface area contributed by atoms with Crippen LogP contribution in [0.5, 0.6) is 11.5 Å².